The van der Waals surface area contributed by atoms with E-state index in [-0.39, 0.29) is 46.0 Å². The van der Waals surface area contributed by atoms with E-state index in [2.05, 4.69) is 15.2 Å². The number of hydrogen-bond acceptors (Lipinski definition) is 6. The maximum atomic E-state index is 14.4. The highest BCUT2D eigenvalue weighted by atomic mass is 35.5. The van der Waals surface area contributed by atoms with Crippen LogP contribution in [-0.4, -0.2) is 40.9 Å². The van der Waals surface area contributed by atoms with Crippen LogP contribution in [0.2, 0.25) is 5.02 Å². The van der Waals surface area contributed by atoms with Crippen molar-refractivity contribution in [2.45, 2.75) is 19.6 Å². The average Bonchev–Trinajstić information content (AvgIpc) is 2.83. The number of ether oxygens (including phenoxy) is 1. The second-order valence-corrected chi connectivity index (χ2v) is 8.40. The summed E-state index contributed by atoms with van der Waals surface area (Å²) < 4.78 is 60.6. The van der Waals surface area contributed by atoms with E-state index in [1.165, 1.54) is 36.2 Å². The summed E-state index contributed by atoms with van der Waals surface area (Å²) in [5, 5.41) is 15.1. The van der Waals surface area contributed by atoms with Crippen molar-refractivity contribution in [2.75, 3.05) is 7.05 Å². The lowest BCUT2D eigenvalue weighted by atomic mass is 10.0. The van der Waals surface area contributed by atoms with Crippen molar-refractivity contribution in [1.29, 1.82) is 5.26 Å². The molecule has 8 nitrogen and oxygen atoms in total. The third-order valence-electron chi connectivity index (χ3n) is 4.90. The van der Waals surface area contributed by atoms with Gasteiger partial charge in [-0.1, -0.05) is 23.7 Å². The van der Waals surface area contributed by atoms with E-state index in [0.29, 0.717) is 5.56 Å². The lowest BCUT2D eigenvalue weighted by molar-refractivity contribution is -0.110. The topological polar surface area (TPSA) is 111 Å². The van der Waals surface area contributed by atoms with Crippen LogP contribution < -0.4 is 10.3 Å². The predicted octanol–water partition coefficient (Wildman–Crippen LogP) is 4.92. The molecule has 0 spiro atoms. The number of nitrogens with one attached hydrogen (secondary N) is 1. The van der Waals surface area contributed by atoms with E-state index in [9.17, 15) is 27.2 Å². The molecular formula is C25H18ClF4N5O3. The van der Waals surface area contributed by atoms with Crippen LogP contribution in [0.3, 0.4) is 0 Å². The molecule has 0 fully saturated rings. The summed E-state index contributed by atoms with van der Waals surface area (Å²) >= 11 is 5.84. The van der Waals surface area contributed by atoms with Gasteiger partial charge in [0.1, 0.15) is 11.6 Å². The SMILES string of the molecule is Cc1ccc(-c2cc(CN(C)C=N/C(=C(\C=O)Oc3cc(Cl)cc(C#N)c3)C(F)(F)F)n[nH]c2=O)c(F)c1. The Morgan fingerprint density at radius 2 is 1.97 bits per heavy atom. The maximum Gasteiger partial charge on any atom is 0.437 e. The number of H-pyrrole nitrogens is 1. The minimum absolute atomic E-state index is 0.00725. The number of aromatic amines is 1. The third-order valence-corrected chi connectivity index (χ3v) is 5.12. The van der Waals surface area contributed by atoms with Crippen molar-refractivity contribution < 1.29 is 27.1 Å². The molecule has 0 radical (unpaired) electrons. The molecule has 0 aliphatic carbocycles. The van der Waals surface area contributed by atoms with Gasteiger partial charge in [0.25, 0.3) is 5.56 Å². The Morgan fingerprint density at radius 1 is 1.24 bits per heavy atom. The second kappa shape index (κ2) is 11.7. The Morgan fingerprint density at radius 3 is 2.61 bits per heavy atom. The van der Waals surface area contributed by atoms with Crippen LogP contribution in [0.4, 0.5) is 17.6 Å². The van der Waals surface area contributed by atoms with Gasteiger partial charge in [0.2, 0.25) is 0 Å². The number of allylic oxidation sites excluding steroid dienone is 2. The van der Waals surface area contributed by atoms with Crippen molar-refractivity contribution in [1.82, 2.24) is 15.1 Å². The molecular weight excluding hydrogens is 530 g/mol. The van der Waals surface area contributed by atoms with Crippen molar-refractivity contribution in [2.24, 2.45) is 4.99 Å². The smallest absolute Gasteiger partial charge is 0.437 e. The second-order valence-electron chi connectivity index (χ2n) is 7.96. The molecule has 0 bridgehead atoms. The highest BCUT2D eigenvalue weighted by Gasteiger charge is 2.38. The monoisotopic (exact) mass is 547 g/mol. The number of halogens is 5. The van der Waals surface area contributed by atoms with E-state index < -0.39 is 29.0 Å². The number of aliphatic imine (C=N–C) groups is 1. The minimum Gasteiger partial charge on any atom is -0.452 e. The molecule has 3 rings (SSSR count). The number of benzene rings is 2. The van der Waals surface area contributed by atoms with Crippen LogP contribution in [0.15, 0.2) is 63.7 Å². The third kappa shape index (κ3) is 7.04. The molecule has 0 aliphatic rings. The maximum absolute atomic E-state index is 14.4. The molecule has 1 heterocycles. The van der Waals surface area contributed by atoms with Gasteiger partial charge in [-0.15, -0.1) is 0 Å². The first kappa shape index (κ1) is 28.1. The van der Waals surface area contributed by atoms with Gasteiger partial charge in [0.05, 0.1) is 35.8 Å². The number of carbonyl (C=O) groups excluding carboxylic acids is 1. The molecule has 38 heavy (non-hydrogen) atoms. The van der Waals surface area contributed by atoms with Gasteiger partial charge < -0.3 is 9.64 Å². The molecule has 0 unspecified atom stereocenters. The quantitative estimate of drug-likeness (QED) is 0.107. The van der Waals surface area contributed by atoms with Gasteiger partial charge in [0, 0.05) is 17.6 Å². The van der Waals surface area contributed by atoms with Gasteiger partial charge in [-0.05, 0) is 42.8 Å². The van der Waals surface area contributed by atoms with Gasteiger partial charge in [0.15, 0.2) is 17.7 Å². The standard InChI is InChI=1S/C25H18ClF4N5O3/c1-14-3-4-19(21(27)5-14)20-9-17(33-34-24(20)37)11-35(2)13-32-23(25(28,29)30)22(12-36)38-18-7-15(10-31)6-16(26)8-18/h3-9,12-13H,11H2,1-2H3,(H,34,37)/b23-22+,32-13?. The summed E-state index contributed by atoms with van der Waals surface area (Å²) in [5.74, 6) is -2.05. The molecule has 0 saturated heterocycles. The van der Waals surface area contributed by atoms with Crippen molar-refractivity contribution in [3.8, 4) is 22.9 Å². The number of carbonyl (C=O) groups is 1. The zero-order valence-corrected chi connectivity index (χ0v) is 20.6. The molecule has 2 aromatic carbocycles. The van der Waals surface area contributed by atoms with E-state index in [0.717, 1.165) is 18.5 Å². The molecule has 1 aromatic heterocycles. The zero-order chi connectivity index (χ0) is 28.0. The fourth-order valence-corrected chi connectivity index (χ4v) is 3.46. The summed E-state index contributed by atoms with van der Waals surface area (Å²) in [6.45, 7) is 1.55. The van der Waals surface area contributed by atoms with E-state index >= 15 is 0 Å². The Bertz CT molecular complexity index is 1530. The van der Waals surface area contributed by atoms with Gasteiger partial charge >= 0.3 is 6.18 Å². The van der Waals surface area contributed by atoms with Crippen LogP contribution in [-0.2, 0) is 11.3 Å². The molecule has 1 N–H and O–H groups in total. The first-order chi connectivity index (χ1) is 17.9. The molecule has 0 amide bonds. The Hall–Kier alpha value is -4.50. The van der Waals surface area contributed by atoms with Gasteiger partial charge in [-0.3, -0.25) is 9.59 Å². The number of aldehydes is 1. The van der Waals surface area contributed by atoms with Crippen LogP contribution in [0.5, 0.6) is 5.75 Å². The van der Waals surface area contributed by atoms with Crippen molar-refractivity contribution >= 4 is 24.2 Å². The fraction of sp³-hybridized carbons (Fsp3) is 0.160. The molecule has 0 aliphatic heterocycles. The highest BCUT2D eigenvalue weighted by Crippen LogP contribution is 2.31. The van der Waals surface area contributed by atoms with Crippen LogP contribution in [0, 0.1) is 24.1 Å². The number of nitriles is 1. The van der Waals surface area contributed by atoms with Crippen LogP contribution >= 0.6 is 11.6 Å². The van der Waals surface area contributed by atoms with Crippen LogP contribution in [0.1, 0.15) is 16.8 Å². The average molecular weight is 548 g/mol. The summed E-state index contributed by atoms with van der Waals surface area (Å²) in [5.41, 5.74) is -1.41. The fourth-order valence-electron chi connectivity index (χ4n) is 3.24. The predicted molar refractivity (Wildman–Crippen MR) is 131 cm³/mol. The zero-order valence-electron chi connectivity index (χ0n) is 19.8. The van der Waals surface area contributed by atoms with E-state index in [1.807, 2.05) is 0 Å². The first-order valence-corrected chi connectivity index (χ1v) is 11.0. The number of aryl methyl sites for hydroxylation is 1. The Kier molecular flexibility index (Phi) is 8.64. The molecule has 13 heteroatoms. The molecule has 0 atom stereocenters. The summed E-state index contributed by atoms with van der Waals surface area (Å²) in [4.78, 5) is 28.3. The largest absolute Gasteiger partial charge is 0.452 e. The number of aromatic nitrogens is 2. The lowest BCUT2D eigenvalue weighted by Gasteiger charge is -2.15. The number of alkyl halides is 3. The highest BCUT2D eigenvalue weighted by molar-refractivity contribution is 6.30. The number of nitrogens with zero attached hydrogens (tertiary/aromatic N) is 4. The van der Waals surface area contributed by atoms with Gasteiger partial charge in [-0.25, -0.2) is 14.5 Å². The summed E-state index contributed by atoms with van der Waals surface area (Å²) in [7, 11) is 1.37. The number of hydrogen-bond donors (Lipinski definition) is 1. The Labute approximate surface area is 218 Å². The lowest BCUT2D eigenvalue weighted by Crippen LogP contribution is -2.22. The summed E-state index contributed by atoms with van der Waals surface area (Å²) in [6.07, 6.45) is -4.47. The normalized spacial score (nSPS) is 12.2. The molecule has 0 saturated carbocycles. The van der Waals surface area contributed by atoms with Crippen LogP contribution in [0.25, 0.3) is 11.1 Å². The minimum atomic E-state index is -5.09. The number of rotatable bonds is 8. The van der Waals surface area contributed by atoms with Crippen molar-refractivity contribution in [3.63, 3.8) is 0 Å². The molecule has 3 aromatic rings. The van der Waals surface area contributed by atoms with Crippen molar-refractivity contribution in [3.05, 3.63) is 91.9 Å². The Balaban J connectivity index is 1.89. The summed E-state index contributed by atoms with van der Waals surface area (Å²) in [6, 6.07) is 10.9. The van der Waals surface area contributed by atoms with Gasteiger partial charge in [-0.2, -0.15) is 23.5 Å². The first-order valence-electron chi connectivity index (χ1n) is 10.7. The molecule has 196 valence electrons. The van der Waals surface area contributed by atoms with E-state index in [1.54, 1.807) is 19.1 Å². The van der Waals surface area contributed by atoms with E-state index in [4.69, 9.17) is 21.6 Å².